The molecule has 0 N–H and O–H groups in total. The Labute approximate surface area is 136 Å². The maximum Gasteiger partial charge on any atom is 0.299 e. The highest BCUT2D eigenvalue weighted by molar-refractivity contribution is 7.87. The maximum atomic E-state index is 12.4. The molecule has 1 aromatic rings. The van der Waals surface area contributed by atoms with E-state index in [1.807, 2.05) is 13.8 Å². The Morgan fingerprint density at radius 1 is 1.32 bits per heavy atom. The predicted octanol–water partition coefficient (Wildman–Crippen LogP) is 4.00. The largest absolute Gasteiger partial charge is 0.299 e. The Kier molecular flexibility index (Phi) is 7.05. The molecule has 0 bridgehead atoms. The zero-order valence-corrected chi connectivity index (χ0v) is 15.4. The van der Waals surface area contributed by atoms with Crippen LogP contribution in [0.25, 0.3) is 0 Å². The van der Waals surface area contributed by atoms with Gasteiger partial charge < -0.3 is 0 Å². The summed E-state index contributed by atoms with van der Waals surface area (Å²) in [5, 5.41) is 0.0582. The summed E-state index contributed by atoms with van der Waals surface area (Å²) in [5.74, 6) is -0.0693. The molecule has 0 fully saturated rings. The summed E-state index contributed by atoms with van der Waals surface area (Å²) >= 11 is 6.01. The van der Waals surface area contributed by atoms with Crippen LogP contribution in [-0.4, -0.2) is 28.0 Å². The van der Waals surface area contributed by atoms with Gasteiger partial charge in [0, 0.05) is 6.66 Å². The van der Waals surface area contributed by atoms with Crippen LogP contribution in [0.15, 0.2) is 23.1 Å². The van der Waals surface area contributed by atoms with Crippen LogP contribution < -0.4 is 0 Å². The second kappa shape index (κ2) is 7.90. The molecular formula is C13H20ClO6PS. The molecular weight excluding hydrogens is 351 g/mol. The van der Waals surface area contributed by atoms with Gasteiger partial charge in [0.25, 0.3) is 17.5 Å². The quantitative estimate of drug-likeness (QED) is 0.298. The van der Waals surface area contributed by atoms with Gasteiger partial charge in [-0.3, -0.25) is 8.75 Å². The first-order chi connectivity index (χ1) is 10.1. The van der Waals surface area contributed by atoms with Gasteiger partial charge in [-0.1, -0.05) is 37.6 Å². The van der Waals surface area contributed by atoms with Gasteiger partial charge in [-0.25, -0.2) is 4.89 Å². The number of benzene rings is 1. The molecule has 0 saturated carbocycles. The lowest BCUT2D eigenvalue weighted by Gasteiger charge is -2.16. The maximum absolute atomic E-state index is 12.4. The van der Waals surface area contributed by atoms with E-state index in [1.54, 1.807) is 19.1 Å². The molecule has 22 heavy (non-hydrogen) atoms. The Morgan fingerprint density at radius 2 is 1.95 bits per heavy atom. The normalized spacial score (nSPS) is 15.0. The van der Waals surface area contributed by atoms with Crippen LogP contribution in [-0.2, 0) is 28.4 Å². The fraction of sp³-hybridized carbons (Fsp3) is 0.538. The molecule has 1 aromatic carbocycles. The molecule has 126 valence electrons. The minimum atomic E-state index is -4.16. The molecule has 0 amide bonds. The van der Waals surface area contributed by atoms with E-state index < -0.39 is 23.8 Å². The third-order valence-corrected chi connectivity index (χ3v) is 5.64. The fourth-order valence-electron chi connectivity index (χ4n) is 1.65. The topological polar surface area (TPSA) is 78.9 Å². The molecule has 0 aromatic heterocycles. The highest BCUT2D eigenvalue weighted by atomic mass is 35.5. The van der Waals surface area contributed by atoms with Crippen molar-refractivity contribution < 1.29 is 26.7 Å². The molecule has 0 aliphatic carbocycles. The van der Waals surface area contributed by atoms with Crippen molar-refractivity contribution in [3.63, 3.8) is 0 Å². The first-order valence-electron chi connectivity index (χ1n) is 6.66. The van der Waals surface area contributed by atoms with E-state index in [2.05, 4.69) is 9.56 Å². The molecule has 0 radical (unpaired) electrons. The third kappa shape index (κ3) is 5.33. The Morgan fingerprint density at radius 3 is 2.50 bits per heavy atom. The molecule has 1 unspecified atom stereocenters. The van der Waals surface area contributed by atoms with Crippen LogP contribution in [0, 0.1) is 0 Å². The van der Waals surface area contributed by atoms with Crippen molar-refractivity contribution in [3.8, 4) is 0 Å². The highest BCUT2D eigenvalue weighted by Crippen LogP contribution is 2.44. The van der Waals surface area contributed by atoms with Gasteiger partial charge in [-0.15, -0.1) is 0 Å². The number of halogens is 1. The van der Waals surface area contributed by atoms with Gasteiger partial charge in [0.15, 0.2) is 0 Å². The minimum Gasteiger partial charge on any atom is -0.288 e. The standard InChI is InChI=1S/C13H20ClO6PS/c1-5-18-20-21(4,15)9-19-22(16,17)13-11(10(2)3)7-6-8-12(13)14/h6-8,10H,5,9H2,1-4H3. The zero-order valence-electron chi connectivity index (χ0n) is 12.9. The fourth-order valence-corrected chi connectivity index (χ4v) is 4.83. The molecule has 0 spiro atoms. The number of rotatable bonds is 8. The zero-order chi connectivity index (χ0) is 17.0. The molecule has 9 heteroatoms. The van der Waals surface area contributed by atoms with E-state index in [9.17, 15) is 13.0 Å². The molecule has 0 aliphatic heterocycles. The van der Waals surface area contributed by atoms with Crippen LogP contribution in [0.2, 0.25) is 5.02 Å². The lowest BCUT2D eigenvalue weighted by atomic mass is 10.0. The van der Waals surface area contributed by atoms with Crippen LogP contribution in [0.4, 0.5) is 0 Å². The van der Waals surface area contributed by atoms with E-state index in [1.165, 1.54) is 12.7 Å². The van der Waals surface area contributed by atoms with Crippen molar-refractivity contribution in [1.82, 2.24) is 0 Å². The molecule has 1 atom stereocenters. The van der Waals surface area contributed by atoms with Gasteiger partial charge in [-0.05, 0) is 24.5 Å². The average Bonchev–Trinajstić information content (AvgIpc) is 2.43. The summed E-state index contributed by atoms with van der Waals surface area (Å²) in [6, 6.07) is 4.79. The van der Waals surface area contributed by atoms with Crippen molar-refractivity contribution >= 4 is 29.1 Å². The van der Waals surface area contributed by atoms with Gasteiger partial charge in [0.05, 0.1) is 11.6 Å². The first kappa shape index (κ1) is 19.6. The Bertz CT molecular complexity index is 658. The van der Waals surface area contributed by atoms with Crippen molar-refractivity contribution in [1.29, 1.82) is 0 Å². The van der Waals surface area contributed by atoms with E-state index in [-0.39, 0.29) is 22.4 Å². The van der Waals surface area contributed by atoms with E-state index in [0.29, 0.717) is 5.56 Å². The summed E-state index contributed by atoms with van der Waals surface area (Å²) < 4.78 is 46.3. The third-order valence-electron chi connectivity index (χ3n) is 2.64. The van der Waals surface area contributed by atoms with Gasteiger partial charge in [0.1, 0.15) is 11.2 Å². The van der Waals surface area contributed by atoms with Crippen molar-refractivity contribution in [3.05, 3.63) is 28.8 Å². The highest BCUT2D eigenvalue weighted by Gasteiger charge is 2.28. The van der Waals surface area contributed by atoms with Crippen molar-refractivity contribution in [2.24, 2.45) is 0 Å². The summed E-state index contributed by atoms with van der Waals surface area (Å²) in [6.45, 7) is 6.75. The number of hydrogen-bond donors (Lipinski definition) is 0. The van der Waals surface area contributed by atoms with Crippen molar-refractivity contribution in [2.45, 2.75) is 31.6 Å². The van der Waals surface area contributed by atoms with Crippen LogP contribution in [0.3, 0.4) is 0 Å². The molecule has 0 heterocycles. The first-order valence-corrected chi connectivity index (χ1v) is 10.7. The van der Waals surface area contributed by atoms with Crippen LogP contribution >= 0.6 is 19.0 Å². The summed E-state index contributed by atoms with van der Waals surface area (Å²) in [6.07, 6.45) is -0.627. The number of hydrogen-bond acceptors (Lipinski definition) is 6. The smallest absolute Gasteiger partial charge is 0.288 e. The lowest BCUT2D eigenvalue weighted by molar-refractivity contribution is -0.201. The Balaban J connectivity index is 3.04. The van der Waals surface area contributed by atoms with E-state index in [0.717, 1.165) is 0 Å². The summed E-state index contributed by atoms with van der Waals surface area (Å²) in [5.41, 5.74) is 0.532. The van der Waals surface area contributed by atoms with E-state index in [4.69, 9.17) is 15.8 Å². The monoisotopic (exact) mass is 370 g/mol. The van der Waals surface area contributed by atoms with Crippen LogP contribution in [0.1, 0.15) is 32.3 Å². The average molecular weight is 371 g/mol. The predicted molar refractivity (Wildman–Crippen MR) is 84.9 cm³/mol. The second-order valence-electron chi connectivity index (χ2n) is 5.01. The van der Waals surface area contributed by atoms with E-state index >= 15 is 0 Å². The Hall–Kier alpha value is -0.430. The van der Waals surface area contributed by atoms with Gasteiger partial charge >= 0.3 is 0 Å². The minimum absolute atomic E-state index is 0.0582. The lowest BCUT2D eigenvalue weighted by Crippen LogP contribution is -2.12. The SMILES string of the molecule is CCOOP(C)(=O)COS(=O)(=O)c1c(Cl)cccc1C(C)C. The van der Waals surface area contributed by atoms with Crippen LogP contribution in [0.5, 0.6) is 0 Å². The van der Waals surface area contributed by atoms with Crippen molar-refractivity contribution in [2.75, 3.05) is 19.6 Å². The summed E-state index contributed by atoms with van der Waals surface area (Å²) in [4.78, 5) is 4.48. The summed E-state index contributed by atoms with van der Waals surface area (Å²) in [7, 11) is -7.51. The van der Waals surface area contributed by atoms with Gasteiger partial charge in [-0.2, -0.15) is 13.1 Å². The second-order valence-corrected chi connectivity index (χ2v) is 9.40. The molecule has 1 rings (SSSR count). The molecule has 0 aliphatic rings. The molecule has 0 saturated heterocycles. The molecule has 6 nitrogen and oxygen atoms in total. The van der Waals surface area contributed by atoms with Gasteiger partial charge in [0.2, 0.25) is 0 Å².